The smallest absolute Gasteiger partial charge is 0.258 e. The molecular formula is C23H27N3O3. The molecule has 0 spiro atoms. The van der Waals surface area contributed by atoms with Gasteiger partial charge < -0.3 is 15.5 Å². The number of fused-ring (bicyclic) bond motifs is 1. The first kappa shape index (κ1) is 20.6. The zero-order valence-corrected chi connectivity index (χ0v) is 16.5. The number of H-pyrrole nitrogens is 1. The van der Waals surface area contributed by atoms with Crippen LogP contribution in [0, 0.1) is 0 Å². The number of aromatic nitrogens is 2. The first-order valence-corrected chi connectivity index (χ1v) is 10.1. The second-order valence-electron chi connectivity index (χ2n) is 7.19. The maximum absolute atomic E-state index is 11.7. The monoisotopic (exact) mass is 393 g/mol. The Labute approximate surface area is 170 Å². The number of nitrogens with one attached hydrogen (secondary N) is 1. The molecule has 1 saturated carbocycles. The highest BCUT2D eigenvalue weighted by atomic mass is 16.5. The lowest BCUT2D eigenvalue weighted by atomic mass is 10.2. The van der Waals surface area contributed by atoms with E-state index in [0.717, 1.165) is 5.75 Å². The van der Waals surface area contributed by atoms with Gasteiger partial charge in [-0.2, -0.15) is 0 Å². The number of primary amides is 1. The van der Waals surface area contributed by atoms with E-state index in [-0.39, 0.29) is 11.5 Å². The van der Waals surface area contributed by atoms with Crippen LogP contribution in [0.3, 0.4) is 0 Å². The fraction of sp³-hybridized carbons (Fsp3) is 0.348. The van der Waals surface area contributed by atoms with E-state index in [4.69, 9.17) is 10.5 Å². The molecule has 4 rings (SSSR count). The Balaban J connectivity index is 0.000000176. The highest BCUT2D eigenvalue weighted by molar-refractivity contribution is 5.77. The summed E-state index contributed by atoms with van der Waals surface area (Å²) in [7, 11) is 0. The van der Waals surface area contributed by atoms with Gasteiger partial charge in [0.05, 0.1) is 17.0 Å². The highest BCUT2D eigenvalue weighted by Crippen LogP contribution is 2.23. The van der Waals surface area contributed by atoms with Crippen LogP contribution >= 0.6 is 0 Å². The maximum atomic E-state index is 11.7. The van der Waals surface area contributed by atoms with Crippen molar-refractivity contribution in [2.45, 2.75) is 51.0 Å². The molecule has 3 aromatic rings. The summed E-state index contributed by atoms with van der Waals surface area (Å²) in [6.07, 6.45) is 7.04. The minimum absolute atomic E-state index is 0.148. The number of rotatable bonds is 6. The van der Waals surface area contributed by atoms with E-state index in [0.29, 0.717) is 42.1 Å². The van der Waals surface area contributed by atoms with Gasteiger partial charge in [0.1, 0.15) is 11.6 Å². The minimum atomic E-state index is -0.340. The van der Waals surface area contributed by atoms with Gasteiger partial charge in [-0.3, -0.25) is 9.59 Å². The molecule has 0 unspecified atom stereocenters. The van der Waals surface area contributed by atoms with Gasteiger partial charge in [-0.25, -0.2) is 4.98 Å². The van der Waals surface area contributed by atoms with E-state index < -0.39 is 0 Å². The molecular weight excluding hydrogens is 366 g/mol. The number of ether oxygens (including phenoxy) is 1. The molecule has 0 aliphatic heterocycles. The zero-order chi connectivity index (χ0) is 20.5. The average molecular weight is 393 g/mol. The number of hydrogen-bond donors (Lipinski definition) is 2. The number of carbonyl (C=O) groups is 1. The first-order valence-electron chi connectivity index (χ1n) is 10.1. The summed E-state index contributed by atoms with van der Waals surface area (Å²) in [4.78, 5) is 29.3. The van der Waals surface area contributed by atoms with Gasteiger partial charge >= 0.3 is 0 Å². The van der Waals surface area contributed by atoms with Gasteiger partial charge in [0.25, 0.3) is 5.56 Å². The molecule has 1 aliphatic carbocycles. The van der Waals surface area contributed by atoms with Crippen LogP contribution < -0.4 is 16.0 Å². The molecule has 3 N–H and O–H groups in total. The van der Waals surface area contributed by atoms with E-state index in [1.807, 2.05) is 36.4 Å². The number of carbonyl (C=O) groups excluding carboxylic acids is 1. The average Bonchev–Trinajstić information content (AvgIpc) is 3.22. The Morgan fingerprint density at radius 3 is 2.48 bits per heavy atom. The molecule has 1 fully saturated rings. The van der Waals surface area contributed by atoms with Crippen molar-refractivity contribution in [3.8, 4) is 5.75 Å². The lowest BCUT2D eigenvalue weighted by Gasteiger charge is -2.12. The molecule has 0 atom stereocenters. The predicted molar refractivity (Wildman–Crippen MR) is 114 cm³/mol. The van der Waals surface area contributed by atoms with Gasteiger partial charge in [0.2, 0.25) is 5.91 Å². The van der Waals surface area contributed by atoms with Crippen LogP contribution in [-0.2, 0) is 11.2 Å². The third kappa shape index (κ3) is 6.45. The van der Waals surface area contributed by atoms with Crippen molar-refractivity contribution in [2.75, 3.05) is 0 Å². The van der Waals surface area contributed by atoms with Gasteiger partial charge in [-0.1, -0.05) is 30.3 Å². The quantitative estimate of drug-likeness (QED) is 0.666. The molecule has 2 aromatic carbocycles. The Morgan fingerprint density at radius 1 is 1.07 bits per heavy atom. The number of amides is 1. The van der Waals surface area contributed by atoms with E-state index >= 15 is 0 Å². The van der Waals surface area contributed by atoms with Crippen molar-refractivity contribution in [2.24, 2.45) is 5.73 Å². The number of aromatic amines is 1. The van der Waals surface area contributed by atoms with Gasteiger partial charge in [-0.15, -0.1) is 0 Å². The summed E-state index contributed by atoms with van der Waals surface area (Å²) in [5, 5.41) is 0.575. The predicted octanol–water partition coefficient (Wildman–Crippen LogP) is 3.74. The van der Waals surface area contributed by atoms with Crippen LogP contribution in [0.4, 0.5) is 0 Å². The Bertz CT molecular complexity index is 979. The number of nitrogens with two attached hydrogens (primary N) is 1. The molecule has 0 radical (unpaired) electrons. The zero-order valence-electron chi connectivity index (χ0n) is 16.5. The standard InChI is InChI=1S/C12H13N3O2.C11H14O/c13-10(16)6-3-7-11-14-9-5-2-1-4-8(9)12(17)15-11;1-2-6-10(7-3-1)12-11-8-4-5-9-11/h1-2,4-5H,3,6-7H2,(H2,13,16)(H,14,15,17);1-3,6-7,11H,4-5,8-9H2. The summed E-state index contributed by atoms with van der Waals surface area (Å²) in [5.41, 5.74) is 5.57. The molecule has 1 aromatic heterocycles. The van der Waals surface area contributed by atoms with Crippen molar-refractivity contribution in [1.82, 2.24) is 9.97 Å². The van der Waals surface area contributed by atoms with Crippen molar-refractivity contribution in [3.05, 3.63) is 70.8 Å². The lowest BCUT2D eigenvalue weighted by Crippen LogP contribution is -2.14. The SMILES string of the molecule is NC(=O)CCCc1nc2ccccc2c(=O)[nH]1.c1ccc(OC2CCCC2)cc1. The summed E-state index contributed by atoms with van der Waals surface area (Å²) in [5.74, 6) is 1.27. The summed E-state index contributed by atoms with van der Waals surface area (Å²) >= 11 is 0. The number of hydrogen-bond acceptors (Lipinski definition) is 4. The molecule has 1 aliphatic rings. The summed E-state index contributed by atoms with van der Waals surface area (Å²) in [6, 6.07) is 17.3. The van der Waals surface area contributed by atoms with Crippen LogP contribution in [-0.4, -0.2) is 22.0 Å². The van der Waals surface area contributed by atoms with Gasteiger partial charge in [0.15, 0.2) is 0 Å². The van der Waals surface area contributed by atoms with Crippen LogP contribution in [0.2, 0.25) is 0 Å². The lowest BCUT2D eigenvalue weighted by molar-refractivity contribution is -0.118. The fourth-order valence-electron chi connectivity index (χ4n) is 3.38. The number of aryl methyl sites for hydroxylation is 1. The molecule has 29 heavy (non-hydrogen) atoms. The van der Waals surface area contributed by atoms with Gasteiger partial charge in [0, 0.05) is 12.8 Å². The molecule has 6 nitrogen and oxygen atoms in total. The second kappa shape index (κ2) is 10.4. The van der Waals surface area contributed by atoms with Crippen molar-refractivity contribution < 1.29 is 9.53 Å². The van der Waals surface area contributed by atoms with E-state index in [1.165, 1.54) is 25.7 Å². The Kier molecular flexibility index (Phi) is 7.39. The number of nitrogens with zero attached hydrogens (tertiary/aromatic N) is 1. The molecule has 152 valence electrons. The number of para-hydroxylation sites is 2. The fourth-order valence-corrected chi connectivity index (χ4v) is 3.38. The first-order chi connectivity index (χ1) is 14.1. The normalized spacial score (nSPS) is 13.7. The van der Waals surface area contributed by atoms with Crippen molar-refractivity contribution >= 4 is 16.8 Å². The van der Waals surface area contributed by atoms with Crippen molar-refractivity contribution in [1.29, 1.82) is 0 Å². The Hall–Kier alpha value is -3.15. The highest BCUT2D eigenvalue weighted by Gasteiger charge is 2.15. The van der Waals surface area contributed by atoms with E-state index in [9.17, 15) is 9.59 Å². The molecule has 0 bridgehead atoms. The topological polar surface area (TPSA) is 98.1 Å². The van der Waals surface area contributed by atoms with Crippen LogP contribution in [0.15, 0.2) is 59.4 Å². The summed E-state index contributed by atoms with van der Waals surface area (Å²) in [6.45, 7) is 0. The van der Waals surface area contributed by atoms with Crippen LogP contribution in [0.25, 0.3) is 10.9 Å². The number of benzene rings is 2. The minimum Gasteiger partial charge on any atom is -0.490 e. The van der Waals surface area contributed by atoms with Crippen LogP contribution in [0.1, 0.15) is 44.3 Å². The third-order valence-corrected chi connectivity index (χ3v) is 4.85. The molecule has 0 saturated heterocycles. The van der Waals surface area contributed by atoms with Gasteiger partial charge in [-0.05, 0) is 56.4 Å². The second-order valence-corrected chi connectivity index (χ2v) is 7.19. The molecule has 1 heterocycles. The van der Waals surface area contributed by atoms with E-state index in [1.54, 1.807) is 18.2 Å². The third-order valence-electron chi connectivity index (χ3n) is 4.85. The largest absolute Gasteiger partial charge is 0.490 e. The molecule has 1 amide bonds. The van der Waals surface area contributed by atoms with E-state index in [2.05, 4.69) is 9.97 Å². The Morgan fingerprint density at radius 2 is 1.76 bits per heavy atom. The van der Waals surface area contributed by atoms with Crippen LogP contribution in [0.5, 0.6) is 5.75 Å². The maximum Gasteiger partial charge on any atom is 0.258 e. The molecule has 6 heteroatoms. The summed E-state index contributed by atoms with van der Waals surface area (Å²) < 4.78 is 5.78. The van der Waals surface area contributed by atoms with Crippen molar-refractivity contribution in [3.63, 3.8) is 0 Å².